The number of Topliss-reactive ketones (excluding diaryl/α,β-unsaturated/α-hetero) is 1. The molecule has 0 saturated carbocycles. The second kappa shape index (κ2) is 11.3. The van der Waals surface area contributed by atoms with Gasteiger partial charge in [-0.1, -0.05) is 27.2 Å². The summed E-state index contributed by atoms with van der Waals surface area (Å²) >= 11 is 0. The van der Waals surface area contributed by atoms with Crippen LogP contribution in [0.2, 0.25) is 0 Å². The molecule has 1 aromatic heterocycles. The maximum atomic E-state index is 12.7. The molecule has 0 aliphatic rings. The first-order valence-electron chi connectivity index (χ1n) is 9.82. The molecule has 1 unspecified atom stereocenters. The zero-order valence-electron chi connectivity index (χ0n) is 18.2. The first kappa shape index (κ1) is 24.3. The Kier molecular flexibility index (Phi) is 9.50. The maximum absolute atomic E-state index is 12.7. The van der Waals surface area contributed by atoms with Gasteiger partial charge in [0, 0.05) is 20.4 Å². The number of esters is 1. The third-order valence-electron chi connectivity index (χ3n) is 4.47. The van der Waals surface area contributed by atoms with Gasteiger partial charge in [0.05, 0.1) is 13.4 Å². The standard InChI is InChI=1S/C20H32N4O5/c1-7-8-9-16(26)18-19(23(5)14(4)25)21-12-24(18)11-17(27)22-15(10-13(2)3)20(28)29-6/h12-13,15H,7-11H2,1-6H3,(H,22,27). The summed E-state index contributed by atoms with van der Waals surface area (Å²) in [5.74, 6) is -1.03. The van der Waals surface area contributed by atoms with Gasteiger partial charge in [-0.05, 0) is 18.8 Å². The molecular weight excluding hydrogens is 376 g/mol. The predicted molar refractivity (Wildman–Crippen MR) is 109 cm³/mol. The van der Waals surface area contributed by atoms with Crippen molar-refractivity contribution in [2.75, 3.05) is 19.1 Å². The van der Waals surface area contributed by atoms with Crippen LogP contribution in [0.3, 0.4) is 0 Å². The Morgan fingerprint density at radius 3 is 2.45 bits per heavy atom. The molecule has 0 saturated heterocycles. The van der Waals surface area contributed by atoms with Crippen LogP contribution >= 0.6 is 0 Å². The molecule has 1 rings (SSSR count). The highest BCUT2D eigenvalue weighted by Gasteiger charge is 2.26. The van der Waals surface area contributed by atoms with Crippen molar-refractivity contribution in [1.82, 2.24) is 14.9 Å². The van der Waals surface area contributed by atoms with Crippen molar-refractivity contribution in [3.63, 3.8) is 0 Å². The lowest BCUT2D eigenvalue weighted by molar-refractivity contribution is -0.145. The predicted octanol–water partition coefficient (Wildman–Crippen LogP) is 1.94. The van der Waals surface area contributed by atoms with Gasteiger partial charge in [-0.25, -0.2) is 9.78 Å². The highest BCUT2D eigenvalue weighted by molar-refractivity contribution is 6.03. The van der Waals surface area contributed by atoms with Crippen molar-refractivity contribution < 1.29 is 23.9 Å². The summed E-state index contributed by atoms with van der Waals surface area (Å²) in [6, 6.07) is -0.769. The van der Waals surface area contributed by atoms with E-state index in [-0.39, 0.29) is 35.7 Å². The van der Waals surface area contributed by atoms with Crippen LogP contribution < -0.4 is 10.2 Å². The zero-order chi connectivity index (χ0) is 22.1. The van der Waals surface area contributed by atoms with Crippen LogP contribution in [0.5, 0.6) is 0 Å². The number of carbonyl (C=O) groups is 4. The number of ketones is 1. The number of ether oxygens (including phenoxy) is 1. The smallest absolute Gasteiger partial charge is 0.328 e. The summed E-state index contributed by atoms with van der Waals surface area (Å²) in [5, 5.41) is 2.66. The van der Waals surface area contributed by atoms with E-state index in [2.05, 4.69) is 10.3 Å². The van der Waals surface area contributed by atoms with Crippen molar-refractivity contribution in [3.8, 4) is 0 Å². The molecule has 0 aliphatic carbocycles. The SMILES string of the molecule is CCCCC(=O)c1c(N(C)C(C)=O)ncn1CC(=O)NC(CC(C)C)C(=O)OC. The molecule has 0 spiro atoms. The van der Waals surface area contributed by atoms with Crippen LogP contribution in [0.1, 0.15) is 63.9 Å². The first-order chi connectivity index (χ1) is 13.6. The average Bonchev–Trinajstić information content (AvgIpc) is 3.06. The number of unbranched alkanes of at least 4 members (excludes halogenated alkanes) is 1. The minimum Gasteiger partial charge on any atom is -0.467 e. The Hall–Kier alpha value is -2.71. The average molecular weight is 408 g/mol. The van der Waals surface area contributed by atoms with Crippen molar-refractivity contribution in [2.45, 2.75) is 66.0 Å². The van der Waals surface area contributed by atoms with Gasteiger partial charge in [0.1, 0.15) is 18.3 Å². The van der Waals surface area contributed by atoms with E-state index in [4.69, 9.17) is 4.74 Å². The first-order valence-corrected chi connectivity index (χ1v) is 9.82. The van der Waals surface area contributed by atoms with E-state index in [0.717, 1.165) is 6.42 Å². The summed E-state index contributed by atoms with van der Waals surface area (Å²) in [4.78, 5) is 54.5. The van der Waals surface area contributed by atoms with E-state index >= 15 is 0 Å². The fourth-order valence-corrected chi connectivity index (χ4v) is 2.85. The summed E-state index contributed by atoms with van der Waals surface area (Å²) in [5.41, 5.74) is 0.213. The van der Waals surface area contributed by atoms with Crippen molar-refractivity contribution in [1.29, 1.82) is 0 Å². The normalized spacial score (nSPS) is 11.8. The summed E-state index contributed by atoms with van der Waals surface area (Å²) in [7, 11) is 2.80. The quantitative estimate of drug-likeness (QED) is 0.442. The molecule has 1 atom stereocenters. The van der Waals surface area contributed by atoms with E-state index in [1.807, 2.05) is 20.8 Å². The lowest BCUT2D eigenvalue weighted by atomic mass is 10.0. The van der Waals surface area contributed by atoms with Crippen molar-refractivity contribution in [3.05, 3.63) is 12.0 Å². The summed E-state index contributed by atoms with van der Waals surface area (Å²) in [6.45, 7) is 7.03. The molecule has 1 aromatic rings. The number of nitrogens with zero attached hydrogens (tertiary/aromatic N) is 3. The number of aromatic nitrogens is 2. The molecule has 0 radical (unpaired) electrons. The Morgan fingerprint density at radius 2 is 1.93 bits per heavy atom. The third-order valence-corrected chi connectivity index (χ3v) is 4.47. The molecule has 9 heteroatoms. The number of hydrogen-bond donors (Lipinski definition) is 1. The van der Waals surface area contributed by atoms with Gasteiger partial charge >= 0.3 is 5.97 Å². The zero-order valence-corrected chi connectivity index (χ0v) is 18.2. The van der Waals surface area contributed by atoms with Gasteiger partial charge in [0.25, 0.3) is 0 Å². The topological polar surface area (TPSA) is 111 Å². The molecule has 9 nitrogen and oxygen atoms in total. The molecule has 1 N–H and O–H groups in total. The van der Waals surface area contributed by atoms with Gasteiger partial charge in [0.15, 0.2) is 11.6 Å². The van der Waals surface area contributed by atoms with Crippen LogP contribution in [-0.4, -0.2) is 53.3 Å². The number of amides is 2. The molecule has 0 fully saturated rings. The second-order valence-corrected chi connectivity index (χ2v) is 7.42. The molecule has 2 amide bonds. The lowest BCUT2D eigenvalue weighted by Crippen LogP contribution is -2.43. The van der Waals surface area contributed by atoms with Gasteiger partial charge in [0.2, 0.25) is 11.8 Å². The fourth-order valence-electron chi connectivity index (χ4n) is 2.85. The minimum absolute atomic E-state index is 0.176. The van der Waals surface area contributed by atoms with Crippen LogP contribution in [0.15, 0.2) is 6.33 Å². The lowest BCUT2D eigenvalue weighted by Gasteiger charge is -2.19. The molecular formula is C20H32N4O5. The van der Waals surface area contributed by atoms with E-state index in [9.17, 15) is 19.2 Å². The van der Waals surface area contributed by atoms with Gasteiger partial charge < -0.3 is 14.6 Å². The summed E-state index contributed by atoms with van der Waals surface area (Å²) in [6.07, 6.45) is 3.62. The fraction of sp³-hybridized carbons (Fsp3) is 0.650. The monoisotopic (exact) mass is 408 g/mol. The molecule has 0 bridgehead atoms. The number of carbonyl (C=O) groups excluding carboxylic acids is 4. The van der Waals surface area contributed by atoms with E-state index in [1.165, 1.54) is 36.9 Å². The number of nitrogens with one attached hydrogen (secondary N) is 1. The van der Waals surface area contributed by atoms with Crippen molar-refractivity contribution >= 4 is 29.4 Å². The van der Waals surface area contributed by atoms with Gasteiger partial charge in [-0.2, -0.15) is 0 Å². The number of anilines is 1. The molecule has 0 aromatic carbocycles. The molecule has 162 valence electrons. The van der Waals surface area contributed by atoms with E-state index < -0.39 is 17.9 Å². The second-order valence-electron chi connectivity index (χ2n) is 7.42. The Balaban J connectivity index is 3.10. The highest BCUT2D eigenvalue weighted by atomic mass is 16.5. The van der Waals surface area contributed by atoms with E-state index in [0.29, 0.717) is 19.3 Å². The Labute approximate surface area is 171 Å². The number of imidazole rings is 1. The number of hydrogen-bond acceptors (Lipinski definition) is 6. The summed E-state index contributed by atoms with van der Waals surface area (Å²) < 4.78 is 6.18. The van der Waals surface area contributed by atoms with Crippen LogP contribution in [-0.2, 0) is 25.7 Å². The Bertz CT molecular complexity index is 741. The van der Waals surface area contributed by atoms with Crippen LogP contribution in [0.25, 0.3) is 0 Å². The molecule has 29 heavy (non-hydrogen) atoms. The van der Waals surface area contributed by atoms with Gasteiger partial charge in [-0.3, -0.25) is 19.3 Å². The highest BCUT2D eigenvalue weighted by Crippen LogP contribution is 2.21. The van der Waals surface area contributed by atoms with Crippen molar-refractivity contribution in [2.24, 2.45) is 5.92 Å². The largest absolute Gasteiger partial charge is 0.467 e. The molecule has 0 aliphatic heterocycles. The Morgan fingerprint density at radius 1 is 1.28 bits per heavy atom. The third kappa shape index (κ3) is 6.99. The number of methoxy groups -OCH3 is 1. The van der Waals surface area contributed by atoms with Crippen LogP contribution in [0, 0.1) is 5.92 Å². The van der Waals surface area contributed by atoms with Gasteiger partial charge in [-0.15, -0.1) is 0 Å². The minimum atomic E-state index is -0.769. The molecule has 1 heterocycles. The number of rotatable bonds is 11. The maximum Gasteiger partial charge on any atom is 0.328 e. The van der Waals surface area contributed by atoms with E-state index in [1.54, 1.807) is 0 Å². The van der Waals surface area contributed by atoms with Crippen LogP contribution in [0.4, 0.5) is 5.82 Å².